The molecule has 1 fully saturated rings. The summed E-state index contributed by atoms with van der Waals surface area (Å²) in [6, 6.07) is 7.72. The van der Waals surface area contributed by atoms with Gasteiger partial charge in [0.25, 0.3) is 0 Å². The number of amides is 1. The number of carboxylic acids is 1. The zero-order valence-corrected chi connectivity index (χ0v) is 13.1. The Hall–Kier alpha value is -2.04. The Balaban J connectivity index is 1.77. The summed E-state index contributed by atoms with van der Waals surface area (Å²) in [6.45, 7) is 4.23. The van der Waals surface area contributed by atoms with Crippen molar-refractivity contribution < 1.29 is 19.4 Å². The minimum Gasteiger partial charge on any atom is -0.489 e. The second kappa shape index (κ2) is 6.81. The largest absolute Gasteiger partial charge is 0.489 e. The maximum absolute atomic E-state index is 11.9. The number of benzene rings is 1. The molecule has 0 saturated heterocycles. The maximum atomic E-state index is 11.9. The minimum absolute atomic E-state index is 0.0551. The van der Waals surface area contributed by atoms with Gasteiger partial charge in [0.1, 0.15) is 11.9 Å². The predicted octanol–water partition coefficient (Wildman–Crippen LogP) is 2.52. The van der Waals surface area contributed by atoms with Gasteiger partial charge < -0.3 is 15.2 Å². The van der Waals surface area contributed by atoms with Crippen LogP contribution in [-0.2, 0) is 9.59 Å². The summed E-state index contributed by atoms with van der Waals surface area (Å²) in [5, 5.41) is 12.0. The fourth-order valence-electron chi connectivity index (χ4n) is 2.66. The van der Waals surface area contributed by atoms with Crippen LogP contribution >= 0.6 is 0 Å². The van der Waals surface area contributed by atoms with Gasteiger partial charge in [-0.3, -0.25) is 9.59 Å². The lowest BCUT2D eigenvalue weighted by atomic mass is 9.66. The summed E-state index contributed by atoms with van der Waals surface area (Å²) in [4.78, 5) is 23.2. The number of hydrogen-bond acceptors (Lipinski definition) is 3. The Morgan fingerprint density at radius 1 is 1.41 bits per heavy atom. The first-order valence-corrected chi connectivity index (χ1v) is 7.65. The van der Waals surface area contributed by atoms with Gasteiger partial charge in [0.2, 0.25) is 5.91 Å². The van der Waals surface area contributed by atoms with Gasteiger partial charge in [-0.05, 0) is 44.4 Å². The molecule has 1 unspecified atom stereocenters. The summed E-state index contributed by atoms with van der Waals surface area (Å²) in [5.74, 6) is -0.317. The molecule has 1 atom stereocenters. The SMILES string of the molecule is Cc1cccc(OC(C)CNC(=O)CC2(C(=O)O)CCC2)c1. The highest BCUT2D eigenvalue weighted by Gasteiger charge is 2.45. The van der Waals surface area contributed by atoms with E-state index in [9.17, 15) is 14.7 Å². The number of aliphatic carboxylic acids is 1. The molecule has 1 aliphatic carbocycles. The van der Waals surface area contributed by atoms with Crippen LogP contribution in [0.5, 0.6) is 5.75 Å². The number of carbonyl (C=O) groups is 2. The van der Waals surface area contributed by atoms with E-state index in [0.717, 1.165) is 17.7 Å². The van der Waals surface area contributed by atoms with Crippen molar-refractivity contribution in [3.05, 3.63) is 29.8 Å². The van der Waals surface area contributed by atoms with E-state index in [1.54, 1.807) is 0 Å². The van der Waals surface area contributed by atoms with E-state index in [1.165, 1.54) is 0 Å². The summed E-state index contributed by atoms with van der Waals surface area (Å²) >= 11 is 0. The van der Waals surface area contributed by atoms with Crippen LogP contribution in [0.1, 0.15) is 38.2 Å². The molecule has 1 amide bonds. The first-order chi connectivity index (χ1) is 10.4. The number of ether oxygens (including phenoxy) is 1. The van der Waals surface area contributed by atoms with Crippen molar-refractivity contribution in [3.63, 3.8) is 0 Å². The van der Waals surface area contributed by atoms with Crippen molar-refractivity contribution in [3.8, 4) is 5.75 Å². The lowest BCUT2D eigenvalue weighted by Crippen LogP contribution is -2.44. The van der Waals surface area contributed by atoms with E-state index in [0.29, 0.717) is 19.4 Å². The summed E-state index contributed by atoms with van der Waals surface area (Å²) < 4.78 is 5.73. The molecule has 120 valence electrons. The molecule has 0 aromatic heterocycles. The number of aryl methyl sites for hydroxylation is 1. The Bertz CT molecular complexity index is 551. The van der Waals surface area contributed by atoms with E-state index >= 15 is 0 Å². The second-order valence-electron chi connectivity index (χ2n) is 6.16. The quantitative estimate of drug-likeness (QED) is 0.811. The summed E-state index contributed by atoms with van der Waals surface area (Å²) in [7, 11) is 0. The van der Waals surface area contributed by atoms with Crippen LogP contribution in [0, 0.1) is 12.3 Å². The van der Waals surface area contributed by atoms with Gasteiger partial charge in [0.15, 0.2) is 0 Å². The smallest absolute Gasteiger partial charge is 0.310 e. The topological polar surface area (TPSA) is 75.6 Å². The Morgan fingerprint density at radius 2 is 2.14 bits per heavy atom. The third-order valence-corrected chi connectivity index (χ3v) is 4.18. The molecule has 1 aromatic carbocycles. The third-order valence-electron chi connectivity index (χ3n) is 4.18. The van der Waals surface area contributed by atoms with Crippen LogP contribution in [0.3, 0.4) is 0 Å². The van der Waals surface area contributed by atoms with Crippen LogP contribution in [0.25, 0.3) is 0 Å². The van der Waals surface area contributed by atoms with Crippen molar-refractivity contribution in [1.29, 1.82) is 0 Å². The first-order valence-electron chi connectivity index (χ1n) is 7.65. The average molecular weight is 305 g/mol. The molecule has 2 rings (SSSR count). The van der Waals surface area contributed by atoms with Crippen LogP contribution in [0.2, 0.25) is 0 Å². The van der Waals surface area contributed by atoms with Crippen LogP contribution in [-0.4, -0.2) is 29.6 Å². The normalized spacial score (nSPS) is 17.2. The van der Waals surface area contributed by atoms with Crippen LogP contribution in [0.4, 0.5) is 0 Å². The molecule has 1 saturated carbocycles. The highest BCUT2D eigenvalue weighted by Crippen LogP contribution is 2.44. The molecule has 22 heavy (non-hydrogen) atoms. The maximum Gasteiger partial charge on any atom is 0.310 e. The molecule has 0 spiro atoms. The molecule has 2 N–H and O–H groups in total. The van der Waals surface area contributed by atoms with Crippen LogP contribution in [0.15, 0.2) is 24.3 Å². The monoisotopic (exact) mass is 305 g/mol. The van der Waals surface area contributed by atoms with Gasteiger partial charge in [0.05, 0.1) is 12.0 Å². The standard InChI is InChI=1S/C17H23NO4/c1-12-5-3-6-14(9-12)22-13(2)11-18-15(19)10-17(16(20)21)7-4-8-17/h3,5-6,9,13H,4,7-8,10-11H2,1-2H3,(H,18,19)(H,20,21). The number of carbonyl (C=O) groups excluding carboxylic acids is 1. The number of hydrogen-bond donors (Lipinski definition) is 2. The Morgan fingerprint density at radius 3 is 2.68 bits per heavy atom. The van der Waals surface area contributed by atoms with E-state index in [4.69, 9.17) is 4.74 Å². The number of nitrogens with one attached hydrogen (secondary N) is 1. The van der Waals surface area contributed by atoms with Gasteiger partial charge in [-0.2, -0.15) is 0 Å². The van der Waals surface area contributed by atoms with Crippen molar-refractivity contribution in [1.82, 2.24) is 5.32 Å². The van der Waals surface area contributed by atoms with Gasteiger partial charge in [-0.25, -0.2) is 0 Å². The highest BCUT2D eigenvalue weighted by molar-refractivity contribution is 5.85. The van der Waals surface area contributed by atoms with Crippen molar-refractivity contribution in [2.24, 2.45) is 5.41 Å². The first kappa shape index (κ1) is 16.3. The Kier molecular flexibility index (Phi) is 5.06. The fourth-order valence-corrected chi connectivity index (χ4v) is 2.66. The van der Waals surface area contributed by atoms with Crippen LogP contribution < -0.4 is 10.1 Å². The average Bonchev–Trinajstić information content (AvgIpc) is 2.40. The molecule has 5 nitrogen and oxygen atoms in total. The van der Waals surface area contributed by atoms with Gasteiger partial charge in [-0.15, -0.1) is 0 Å². The Labute approximate surface area is 130 Å². The fraction of sp³-hybridized carbons (Fsp3) is 0.529. The third kappa shape index (κ3) is 4.00. The van der Waals surface area contributed by atoms with Gasteiger partial charge >= 0.3 is 5.97 Å². The molecule has 5 heteroatoms. The van der Waals surface area contributed by atoms with E-state index in [1.807, 2.05) is 38.1 Å². The molecule has 0 bridgehead atoms. The molecule has 1 aromatic rings. The van der Waals surface area contributed by atoms with E-state index in [-0.39, 0.29) is 18.4 Å². The van der Waals surface area contributed by atoms with Crippen molar-refractivity contribution in [2.45, 2.75) is 45.6 Å². The molecule has 1 aliphatic rings. The highest BCUT2D eigenvalue weighted by atomic mass is 16.5. The summed E-state index contributed by atoms with van der Waals surface area (Å²) in [5.41, 5.74) is 0.271. The molecule has 0 aliphatic heterocycles. The van der Waals surface area contributed by atoms with Gasteiger partial charge in [0, 0.05) is 6.42 Å². The van der Waals surface area contributed by atoms with Crippen molar-refractivity contribution >= 4 is 11.9 Å². The number of carboxylic acid groups (broad SMARTS) is 1. The van der Waals surface area contributed by atoms with E-state index < -0.39 is 11.4 Å². The second-order valence-corrected chi connectivity index (χ2v) is 6.16. The number of rotatable bonds is 7. The lowest BCUT2D eigenvalue weighted by Gasteiger charge is -2.37. The van der Waals surface area contributed by atoms with Crippen molar-refractivity contribution in [2.75, 3.05) is 6.54 Å². The summed E-state index contributed by atoms with van der Waals surface area (Å²) in [6.07, 6.45) is 1.94. The zero-order valence-electron chi connectivity index (χ0n) is 13.1. The predicted molar refractivity (Wildman–Crippen MR) is 82.8 cm³/mol. The molecule has 0 radical (unpaired) electrons. The molecular formula is C17H23NO4. The van der Waals surface area contributed by atoms with E-state index in [2.05, 4.69) is 5.32 Å². The molecule has 0 heterocycles. The van der Waals surface area contributed by atoms with Gasteiger partial charge in [-0.1, -0.05) is 18.6 Å². The zero-order chi connectivity index (χ0) is 16.2. The molecular weight excluding hydrogens is 282 g/mol. The minimum atomic E-state index is -0.863. The lowest BCUT2D eigenvalue weighted by molar-refractivity contribution is -0.157.